The van der Waals surface area contributed by atoms with Gasteiger partial charge in [-0.1, -0.05) is 11.6 Å². The van der Waals surface area contributed by atoms with Gasteiger partial charge in [0.1, 0.15) is 5.17 Å². The van der Waals surface area contributed by atoms with Crippen LogP contribution in [0, 0.1) is 0 Å². The standard InChI is InChI=1S/C5H8Cl2N2/c1-8-4(3-6)5(7)9-2/h3H2,1-2H3. The average Bonchev–Trinajstić information content (AvgIpc) is 1.90. The highest BCUT2D eigenvalue weighted by molar-refractivity contribution is 6.85. The van der Waals surface area contributed by atoms with Gasteiger partial charge in [0.25, 0.3) is 0 Å². The van der Waals surface area contributed by atoms with E-state index in [1.54, 1.807) is 14.1 Å². The van der Waals surface area contributed by atoms with Crippen LogP contribution in [-0.4, -0.2) is 30.9 Å². The molecule has 0 atom stereocenters. The normalized spacial score (nSPS) is 14.2. The smallest absolute Gasteiger partial charge is 0.145 e. The van der Waals surface area contributed by atoms with Crippen molar-refractivity contribution in [2.45, 2.75) is 0 Å². The SMILES string of the molecule is CN=C(Cl)C(CCl)=NC. The highest BCUT2D eigenvalue weighted by Gasteiger charge is 1.99. The van der Waals surface area contributed by atoms with E-state index in [1.807, 2.05) is 0 Å². The minimum atomic E-state index is 0.312. The summed E-state index contributed by atoms with van der Waals surface area (Å²) in [6, 6.07) is 0. The Morgan fingerprint density at radius 1 is 1.33 bits per heavy atom. The first-order chi connectivity index (χ1) is 4.26. The van der Waals surface area contributed by atoms with Crippen molar-refractivity contribution >= 4 is 34.1 Å². The summed E-state index contributed by atoms with van der Waals surface area (Å²) in [7, 11) is 3.23. The van der Waals surface area contributed by atoms with Gasteiger partial charge >= 0.3 is 0 Å². The lowest BCUT2D eigenvalue weighted by atomic mass is 10.4. The zero-order valence-corrected chi connectivity index (χ0v) is 6.87. The summed E-state index contributed by atoms with van der Waals surface area (Å²) >= 11 is 11.0. The molecule has 0 bridgehead atoms. The fourth-order valence-corrected chi connectivity index (χ4v) is 0.802. The Bertz CT molecular complexity index is 140. The van der Waals surface area contributed by atoms with Crippen molar-refractivity contribution in [1.82, 2.24) is 0 Å². The summed E-state index contributed by atoms with van der Waals surface area (Å²) in [6.07, 6.45) is 0. The first-order valence-corrected chi connectivity index (χ1v) is 3.31. The third-order valence-electron chi connectivity index (χ3n) is 0.831. The number of alkyl halides is 1. The highest BCUT2D eigenvalue weighted by atomic mass is 35.5. The molecule has 0 aromatic heterocycles. The van der Waals surface area contributed by atoms with E-state index in [-0.39, 0.29) is 0 Å². The summed E-state index contributed by atoms with van der Waals surface area (Å²) in [5.41, 5.74) is 0.626. The van der Waals surface area contributed by atoms with Gasteiger partial charge in [-0.05, 0) is 0 Å². The molecule has 0 saturated carbocycles. The van der Waals surface area contributed by atoms with Crippen LogP contribution in [0.5, 0.6) is 0 Å². The van der Waals surface area contributed by atoms with Crippen LogP contribution in [0.3, 0.4) is 0 Å². The van der Waals surface area contributed by atoms with E-state index in [0.29, 0.717) is 16.8 Å². The summed E-state index contributed by atoms with van der Waals surface area (Å²) in [4.78, 5) is 7.50. The van der Waals surface area contributed by atoms with Crippen LogP contribution >= 0.6 is 23.2 Å². The summed E-state index contributed by atoms with van der Waals surface area (Å²) in [6.45, 7) is 0. The van der Waals surface area contributed by atoms with Crippen molar-refractivity contribution in [1.29, 1.82) is 0 Å². The van der Waals surface area contributed by atoms with Crippen molar-refractivity contribution in [2.24, 2.45) is 9.98 Å². The molecule has 0 spiro atoms. The lowest BCUT2D eigenvalue weighted by Crippen LogP contribution is -2.08. The van der Waals surface area contributed by atoms with Crippen LogP contribution in [-0.2, 0) is 0 Å². The Morgan fingerprint density at radius 2 is 1.89 bits per heavy atom. The molecular weight excluding hydrogens is 159 g/mol. The van der Waals surface area contributed by atoms with Crippen LogP contribution in [0.4, 0.5) is 0 Å². The van der Waals surface area contributed by atoms with E-state index >= 15 is 0 Å². The first kappa shape index (κ1) is 8.92. The van der Waals surface area contributed by atoms with Crippen molar-refractivity contribution in [3.05, 3.63) is 0 Å². The molecular formula is C5H8Cl2N2. The van der Waals surface area contributed by atoms with Crippen LogP contribution < -0.4 is 0 Å². The topological polar surface area (TPSA) is 24.7 Å². The van der Waals surface area contributed by atoms with E-state index in [1.165, 1.54) is 0 Å². The minimum absolute atomic E-state index is 0.312. The molecule has 0 aliphatic heterocycles. The number of rotatable bonds is 2. The fourth-order valence-electron chi connectivity index (χ4n) is 0.336. The van der Waals surface area contributed by atoms with Gasteiger partial charge in [0.2, 0.25) is 0 Å². The quantitative estimate of drug-likeness (QED) is 0.440. The molecule has 0 aliphatic carbocycles. The monoisotopic (exact) mass is 166 g/mol. The van der Waals surface area contributed by atoms with Gasteiger partial charge in [-0.3, -0.25) is 9.98 Å². The molecule has 4 heteroatoms. The van der Waals surface area contributed by atoms with Crippen molar-refractivity contribution in [2.75, 3.05) is 20.0 Å². The van der Waals surface area contributed by atoms with Gasteiger partial charge in [-0.25, -0.2) is 0 Å². The number of hydrogen-bond acceptors (Lipinski definition) is 2. The number of aliphatic imine (C=N–C) groups is 2. The van der Waals surface area contributed by atoms with E-state index in [2.05, 4.69) is 9.98 Å². The number of halogens is 2. The molecule has 0 heterocycles. The molecule has 9 heavy (non-hydrogen) atoms. The molecule has 0 radical (unpaired) electrons. The average molecular weight is 167 g/mol. The van der Waals surface area contributed by atoms with Crippen LogP contribution in [0.15, 0.2) is 9.98 Å². The van der Waals surface area contributed by atoms with E-state index in [9.17, 15) is 0 Å². The Morgan fingerprint density at radius 3 is 2.00 bits per heavy atom. The Kier molecular flexibility index (Phi) is 4.72. The van der Waals surface area contributed by atoms with Gasteiger partial charge in [-0.2, -0.15) is 0 Å². The summed E-state index contributed by atoms with van der Waals surface area (Å²) in [5.74, 6) is 0.312. The lowest BCUT2D eigenvalue weighted by Gasteiger charge is -1.94. The minimum Gasteiger partial charge on any atom is -0.289 e. The third-order valence-corrected chi connectivity index (χ3v) is 1.47. The zero-order valence-electron chi connectivity index (χ0n) is 5.36. The molecule has 0 amide bonds. The van der Waals surface area contributed by atoms with Crippen molar-refractivity contribution < 1.29 is 0 Å². The number of nitrogens with zero attached hydrogens (tertiary/aromatic N) is 2. The molecule has 52 valence electrons. The summed E-state index contributed by atoms with van der Waals surface area (Å²) < 4.78 is 0. The number of hydrogen-bond donors (Lipinski definition) is 0. The molecule has 0 aromatic carbocycles. The summed E-state index contributed by atoms with van der Waals surface area (Å²) in [5, 5.41) is 0.382. The molecule has 0 aromatic rings. The van der Waals surface area contributed by atoms with E-state index in [4.69, 9.17) is 23.2 Å². The predicted octanol–water partition coefficient (Wildman–Crippen LogP) is 1.56. The Hall–Kier alpha value is -0.0800. The molecule has 0 saturated heterocycles. The van der Waals surface area contributed by atoms with Gasteiger partial charge in [-0.15, -0.1) is 11.6 Å². The molecule has 2 nitrogen and oxygen atoms in total. The largest absolute Gasteiger partial charge is 0.289 e. The Labute approximate surface area is 64.6 Å². The molecule has 0 N–H and O–H groups in total. The van der Waals surface area contributed by atoms with Gasteiger partial charge in [0.05, 0.1) is 11.6 Å². The van der Waals surface area contributed by atoms with Gasteiger partial charge in [0.15, 0.2) is 0 Å². The maximum Gasteiger partial charge on any atom is 0.145 e. The second-order valence-electron chi connectivity index (χ2n) is 1.32. The van der Waals surface area contributed by atoms with E-state index in [0.717, 1.165) is 0 Å². The lowest BCUT2D eigenvalue weighted by molar-refractivity contribution is 1.42. The van der Waals surface area contributed by atoms with Gasteiger partial charge in [0, 0.05) is 14.1 Å². The van der Waals surface area contributed by atoms with Crippen LogP contribution in [0.2, 0.25) is 0 Å². The second-order valence-corrected chi connectivity index (χ2v) is 1.94. The zero-order chi connectivity index (χ0) is 7.28. The molecule has 0 aliphatic rings. The van der Waals surface area contributed by atoms with Crippen molar-refractivity contribution in [3.63, 3.8) is 0 Å². The predicted molar refractivity (Wildman–Crippen MR) is 43.3 cm³/mol. The van der Waals surface area contributed by atoms with E-state index < -0.39 is 0 Å². The second kappa shape index (κ2) is 4.77. The Balaban J connectivity index is 4.14. The van der Waals surface area contributed by atoms with Crippen LogP contribution in [0.1, 0.15) is 0 Å². The maximum atomic E-state index is 5.57. The van der Waals surface area contributed by atoms with Crippen molar-refractivity contribution in [3.8, 4) is 0 Å². The first-order valence-electron chi connectivity index (χ1n) is 2.40. The van der Waals surface area contributed by atoms with Crippen LogP contribution in [0.25, 0.3) is 0 Å². The maximum absolute atomic E-state index is 5.57. The highest BCUT2D eigenvalue weighted by Crippen LogP contribution is 1.92. The third kappa shape index (κ3) is 2.82. The fraction of sp³-hybridized carbons (Fsp3) is 0.600. The molecule has 0 unspecified atom stereocenters. The van der Waals surface area contributed by atoms with Gasteiger partial charge < -0.3 is 0 Å². The molecule has 0 fully saturated rings. The molecule has 0 rings (SSSR count).